The van der Waals surface area contributed by atoms with E-state index < -0.39 is 16.5 Å². The van der Waals surface area contributed by atoms with Crippen molar-refractivity contribution in [1.29, 1.82) is 0 Å². The van der Waals surface area contributed by atoms with Crippen LogP contribution in [0.5, 0.6) is 0 Å². The molecule has 0 aromatic rings. The highest BCUT2D eigenvalue weighted by Gasteiger charge is 1.96. The minimum Gasteiger partial charge on any atom is -0.770 e. The molecule has 0 fully saturated rings. The monoisotopic (exact) mass is 137 g/mol. The van der Waals surface area contributed by atoms with E-state index in [2.05, 4.69) is 0 Å². The summed E-state index contributed by atoms with van der Waals surface area (Å²) in [5, 5.41) is 0. The Hall–Kier alpha value is 0.0700. The largest absolute Gasteiger partial charge is 0.770 e. The lowest BCUT2D eigenvalue weighted by Gasteiger charge is -2.13. The molecule has 8 heavy (non-hydrogen) atoms. The zero-order valence-electron chi connectivity index (χ0n) is 4.92. The molecular formula is C4H9O3S-. The maximum atomic E-state index is 9.96. The SMILES string of the molecule is CCOC(C)S(=O)[O-]. The Kier molecular flexibility index (Phi) is 4.03. The van der Waals surface area contributed by atoms with Crippen molar-refractivity contribution in [1.82, 2.24) is 0 Å². The van der Waals surface area contributed by atoms with Gasteiger partial charge in [-0.05, 0) is 24.9 Å². The topological polar surface area (TPSA) is 49.4 Å². The van der Waals surface area contributed by atoms with E-state index >= 15 is 0 Å². The summed E-state index contributed by atoms with van der Waals surface area (Å²) < 4.78 is 24.6. The molecule has 0 aliphatic rings. The van der Waals surface area contributed by atoms with Crippen LogP contribution >= 0.6 is 0 Å². The van der Waals surface area contributed by atoms with Crippen LogP contribution in [-0.4, -0.2) is 20.8 Å². The van der Waals surface area contributed by atoms with Gasteiger partial charge in [0.1, 0.15) is 5.44 Å². The summed E-state index contributed by atoms with van der Waals surface area (Å²) in [6.07, 6.45) is 0. The molecule has 0 N–H and O–H groups in total. The lowest BCUT2D eigenvalue weighted by molar-refractivity contribution is 0.127. The molecule has 0 bridgehead atoms. The second-order valence-corrected chi connectivity index (χ2v) is 2.47. The predicted octanol–water partition coefficient (Wildman–Crippen LogP) is 0.248. The summed E-state index contributed by atoms with van der Waals surface area (Å²) in [5.41, 5.74) is -0.667. The number of hydrogen-bond donors (Lipinski definition) is 0. The fourth-order valence-electron chi connectivity index (χ4n) is 0.290. The van der Waals surface area contributed by atoms with Gasteiger partial charge in [0.25, 0.3) is 0 Å². The summed E-state index contributed by atoms with van der Waals surface area (Å²) >= 11 is -2.08. The normalized spacial score (nSPS) is 17.9. The molecule has 0 rings (SSSR count). The van der Waals surface area contributed by atoms with Crippen molar-refractivity contribution in [2.75, 3.05) is 6.61 Å². The summed E-state index contributed by atoms with van der Waals surface area (Å²) in [7, 11) is 0. The average Bonchev–Trinajstić information content (AvgIpc) is 1.67. The Bertz CT molecular complexity index is 83.4. The number of ether oxygens (including phenoxy) is 1. The van der Waals surface area contributed by atoms with Crippen molar-refractivity contribution >= 4 is 11.1 Å². The highest BCUT2D eigenvalue weighted by Crippen LogP contribution is 1.92. The van der Waals surface area contributed by atoms with Crippen molar-refractivity contribution in [3.8, 4) is 0 Å². The number of rotatable bonds is 3. The zero-order chi connectivity index (χ0) is 6.57. The molecule has 0 saturated carbocycles. The van der Waals surface area contributed by atoms with Crippen LogP contribution in [-0.2, 0) is 15.8 Å². The quantitative estimate of drug-likeness (QED) is 0.524. The Labute approximate surface area is 51.3 Å². The van der Waals surface area contributed by atoms with Crippen LogP contribution in [0, 0.1) is 0 Å². The molecule has 50 valence electrons. The lowest BCUT2D eigenvalue weighted by Crippen LogP contribution is -2.13. The van der Waals surface area contributed by atoms with Crippen LogP contribution in [0.15, 0.2) is 0 Å². The van der Waals surface area contributed by atoms with Gasteiger partial charge >= 0.3 is 0 Å². The first-order valence-electron chi connectivity index (χ1n) is 2.38. The molecule has 0 heterocycles. The lowest BCUT2D eigenvalue weighted by atomic mass is 10.8. The smallest absolute Gasteiger partial charge is 0.116 e. The molecule has 0 saturated heterocycles. The van der Waals surface area contributed by atoms with Crippen LogP contribution in [0.4, 0.5) is 0 Å². The van der Waals surface area contributed by atoms with Gasteiger partial charge in [-0.1, -0.05) is 0 Å². The molecule has 0 radical (unpaired) electrons. The Balaban J connectivity index is 3.32. The van der Waals surface area contributed by atoms with Gasteiger partial charge in [-0.2, -0.15) is 0 Å². The molecule has 3 nitrogen and oxygen atoms in total. The van der Waals surface area contributed by atoms with Gasteiger partial charge in [0.05, 0.1) is 0 Å². The molecular weight excluding hydrogens is 128 g/mol. The van der Waals surface area contributed by atoms with Gasteiger partial charge in [0.2, 0.25) is 0 Å². The van der Waals surface area contributed by atoms with E-state index in [4.69, 9.17) is 4.74 Å². The average molecular weight is 137 g/mol. The summed E-state index contributed by atoms with van der Waals surface area (Å²) in [4.78, 5) is 0. The van der Waals surface area contributed by atoms with E-state index in [0.29, 0.717) is 6.61 Å². The van der Waals surface area contributed by atoms with E-state index in [1.54, 1.807) is 6.92 Å². The van der Waals surface area contributed by atoms with E-state index in [0.717, 1.165) is 0 Å². The van der Waals surface area contributed by atoms with E-state index in [1.165, 1.54) is 6.92 Å². The highest BCUT2D eigenvalue weighted by molar-refractivity contribution is 7.79. The zero-order valence-corrected chi connectivity index (χ0v) is 5.73. The molecule has 2 atom stereocenters. The third-order valence-electron chi connectivity index (χ3n) is 0.672. The first-order chi connectivity index (χ1) is 3.68. The fourth-order valence-corrected chi connectivity index (χ4v) is 0.537. The highest BCUT2D eigenvalue weighted by atomic mass is 32.2. The Morgan fingerprint density at radius 3 is 2.50 bits per heavy atom. The van der Waals surface area contributed by atoms with Crippen LogP contribution in [0.2, 0.25) is 0 Å². The predicted molar refractivity (Wildman–Crippen MR) is 30.0 cm³/mol. The van der Waals surface area contributed by atoms with Crippen LogP contribution in [0.25, 0.3) is 0 Å². The Morgan fingerprint density at radius 1 is 1.88 bits per heavy atom. The van der Waals surface area contributed by atoms with Gasteiger partial charge in [-0.25, -0.2) is 0 Å². The fraction of sp³-hybridized carbons (Fsp3) is 1.00. The van der Waals surface area contributed by atoms with Crippen LogP contribution in [0.3, 0.4) is 0 Å². The standard InChI is InChI=1S/C4H10O3S/c1-3-7-4(2)8(5)6/h4H,3H2,1-2H3,(H,5,6)/p-1. The molecule has 0 amide bonds. The summed E-state index contributed by atoms with van der Waals surface area (Å²) in [6.45, 7) is 3.69. The summed E-state index contributed by atoms with van der Waals surface area (Å²) in [5.74, 6) is 0. The molecule has 2 unspecified atom stereocenters. The molecule has 0 aliphatic heterocycles. The number of hydrogen-bond acceptors (Lipinski definition) is 3. The molecule has 0 spiro atoms. The van der Waals surface area contributed by atoms with Crippen molar-refractivity contribution in [3.63, 3.8) is 0 Å². The second kappa shape index (κ2) is 4.00. The van der Waals surface area contributed by atoms with Gasteiger partial charge in [0, 0.05) is 6.61 Å². The third-order valence-corrected chi connectivity index (χ3v) is 1.35. The van der Waals surface area contributed by atoms with Gasteiger partial charge < -0.3 is 9.29 Å². The van der Waals surface area contributed by atoms with Crippen molar-refractivity contribution in [2.24, 2.45) is 0 Å². The molecule has 4 heteroatoms. The summed E-state index contributed by atoms with van der Waals surface area (Å²) in [6, 6.07) is 0. The van der Waals surface area contributed by atoms with Crippen LogP contribution in [0.1, 0.15) is 13.8 Å². The van der Waals surface area contributed by atoms with E-state index in [-0.39, 0.29) is 0 Å². The van der Waals surface area contributed by atoms with E-state index in [9.17, 15) is 8.76 Å². The second-order valence-electron chi connectivity index (χ2n) is 1.28. The first kappa shape index (κ1) is 8.07. The maximum absolute atomic E-state index is 9.96. The molecule has 0 aliphatic carbocycles. The van der Waals surface area contributed by atoms with Crippen molar-refractivity contribution in [2.45, 2.75) is 19.3 Å². The van der Waals surface area contributed by atoms with Gasteiger partial charge in [-0.15, -0.1) is 0 Å². The Morgan fingerprint density at radius 2 is 2.38 bits per heavy atom. The van der Waals surface area contributed by atoms with Crippen molar-refractivity contribution in [3.05, 3.63) is 0 Å². The van der Waals surface area contributed by atoms with E-state index in [1.807, 2.05) is 0 Å². The van der Waals surface area contributed by atoms with Gasteiger partial charge in [-0.3, -0.25) is 4.21 Å². The molecule has 0 aromatic carbocycles. The maximum Gasteiger partial charge on any atom is 0.116 e. The minimum absolute atomic E-state index is 0.440. The minimum atomic E-state index is -2.08. The van der Waals surface area contributed by atoms with Crippen LogP contribution < -0.4 is 0 Å². The molecule has 0 aromatic heterocycles. The third kappa shape index (κ3) is 3.12. The first-order valence-corrected chi connectivity index (χ1v) is 3.52. The van der Waals surface area contributed by atoms with Crippen molar-refractivity contribution < 1.29 is 13.5 Å². The van der Waals surface area contributed by atoms with Gasteiger partial charge in [0.15, 0.2) is 0 Å².